The summed E-state index contributed by atoms with van der Waals surface area (Å²) in [4.78, 5) is 0. The Kier molecular flexibility index (Phi) is 5.87. The highest BCUT2D eigenvalue weighted by atomic mass is 35.5. The summed E-state index contributed by atoms with van der Waals surface area (Å²) in [6, 6.07) is 0. The molecule has 0 heterocycles. The van der Waals surface area contributed by atoms with Crippen LogP contribution in [0.2, 0.25) is 0 Å². The molecule has 0 aliphatic heterocycles. The molecule has 2 unspecified atom stereocenters. The largest absolute Gasteiger partial charge is 0.400 e. The van der Waals surface area contributed by atoms with E-state index in [4.69, 9.17) is 11.5 Å². The van der Waals surface area contributed by atoms with Crippen LogP contribution in [0.5, 0.6) is 0 Å². The van der Waals surface area contributed by atoms with Crippen molar-refractivity contribution in [3.63, 3.8) is 0 Å². The molecule has 14 heavy (non-hydrogen) atoms. The van der Waals surface area contributed by atoms with E-state index in [0.717, 1.165) is 11.3 Å². The van der Waals surface area contributed by atoms with E-state index in [1.165, 1.54) is 5.57 Å². The predicted molar refractivity (Wildman–Crippen MR) is 66.9 cm³/mol. The summed E-state index contributed by atoms with van der Waals surface area (Å²) in [5, 5.41) is 0. The molecule has 0 aromatic heterocycles. The van der Waals surface area contributed by atoms with Crippen molar-refractivity contribution >= 4 is 24.8 Å². The normalized spacial score (nSPS) is 31.5. The van der Waals surface area contributed by atoms with Crippen LogP contribution in [-0.2, 0) is 0 Å². The van der Waals surface area contributed by atoms with Crippen LogP contribution in [0.3, 0.4) is 0 Å². The number of hydrogen-bond acceptors (Lipinski definition) is 2. The third-order valence-corrected chi connectivity index (χ3v) is 3.02. The van der Waals surface area contributed by atoms with E-state index in [9.17, 15) is 0 Å². The first-order valence-corrected chi connectivity index (χ1v) is 4.32. The van der Waals surface area contributed by atoms with Crippen LogP contribution >= 0.6 is 24.8 Å². The van der Waals surface area contributed by atoms with Crippen molar-refractivity contribution in [2.24, 2.45) is 17.4 Å². The number of halogens is 2. The Hall–Kier alpha value is -0.180. The summed E-state index contributed by atoms with van der Waals surface area (Å²) in [6.07, 6.45) is 2.19. The average Bonchev–Trinajstić information content (AvgIpc) is 1.99. The first kappa shape index (κ1) is 16.3. The van der Waals surface area contributed by atoms with Gasteiger partial charge in [-0.1, -0.05) is 18.6 Å². The molecule has 0 bridgehead atoms. The molecule has 0 amide bonds. The highest BCUT2D eigenvalue weighted by Gasteiger charge is 2.32. The van der Waals surface area contributed by atoms with E-state index < -0.39 is 0 Å². The van der Waals surface area contributed by atoms with Gasteiger partial charge in [-0.2, -0.15) is 0 Å². The second kappa shape index (κ2) is 5.06. The van der Waals surface area contributed by atoms with Gasteiger partial charge in [-0.15, -0.1) is 24.8 Å². The number of hydrogen-bond donors (Lipinski definition) is 2. The summed E-state index contributed by atoms with van der Waals surface area (Å²) < 4.78 is 0. The Morgan fingerprint density at radius 2 is 1.71 bits per heavy atom. The standard InChI is InChI=1S/C10H18N2.2ClH/c1-6-5-7(2)10(4,12)9(11)8(6)3;;/h5,7H,11-12H2,1-4H3;2*1H. The molecular formula is C10H20Cl2N2. The summed E-state index contributed by atoms with van der Waals surface area (Å²) in [5.74, 6) is 0.321. The molecule has 4 N–H and O–H groups in total. The van der Waals surface area contributed by atoms with Crippen molar-refractivity contribution in [2.75, 3.05) is 0 Å². The van der Waals surface area contributed by atoms with Crippen LogP contribution in [0.4, 0.5) is 0 Å². The van der Waals surface area contributed by atoms with Gasteiger partial charge < -0.3 is 11.5 Å². The van der Waals surface area contributed by atoms with E-state index >= 15 is 0 Å². The van der Waals surface area contributed by atoms with E-state index in [1.807, 2.05) is 13.8 Å². The molecule has 1 rings (SSSR count). The molecule has 0 radical (unpaired) electrons. The monoisotopic (exact) mass is 238 g/mol. The predicted octanol–water partition coefficient (Wildman–Crippen LogP) is 2.38. The van der Waals surface area contributed by atoms with Crippen LogP contribution in [0, 0.1) is 5.92 Å². The lowest BCUT2D eigenvalue weighted by atomic mass is 9.77. The van der Waals surface area contributed by atoms with Gasteiger partial charge in [0, 0.05) is 5.70 Å². The van der Waals surface area contributed by atoms with Gasteiger partial charge in [0.25, 0.3) is 0 Å². The zero-order valence-electron chi connectivity index (χ0n) is 9.13. The third-order valence-electron chi connectivity index (χ3n) is 3.02. The zero-order chi connectivity index (χ0) is 9.52. The second-order valence-corrected chi connectivity index (χ2v) is 3.96. The Morgan fingerprint density at radius 3 is 2.14 bits per heavy atom. The third kappa shape index (κ3) is 2.44. The van der Waals surface area contributed by atoms with Gasteiger partial charge in [0.1, 0.15) is 0 Å². The molecular weight excluding hydrogens is 219 g/mol. The van der Waals surface area contributed by atoms with Crippen molar-refractivity contribution in [2.45, 2.75) is 33.2 Å². The van der Waals surface area contributed by atoms with E-state index in [-0.39, 0.29) is 30.4 Å². The molecule has 4 heteroatoms. The lowest BCUT2D eigenvalue weighted by Gasteiger charge is -2.36. The lowest BCUT2D eigenvalue weighted by molar-refractivity contribution is 0.418. The van der Waals surface area contributed by atoms with Gasteiger partial charge in [0.15, 0.2) is 0 Å². The highest BCUT2D eigenvalue weighted by Crippen LogP contribution is 2.31. The first-order chi connectivity index (χ1) is 5.37. The maximum atomic E-state index is 6.09. The summed E-state index contributed by atoms with van der Waals surface area (Å²) in [7, 11) is 0. The lowest BCUT2D eigenvalue weighted by Crippen LogP contribution is -2.49. The Balaban J connectivity index is 0. The average molecular weight is 239 g/mol. The van der Waals surface area contributed by atoms with Crippen LogP contribution in [-0.4, -0.2) is 5.54 Å². The minimum Gasteiger partial charge on any atom is -0.400 e. The topological polar surface area (TPSA) is 52.0 Å². The minimum atomic E-state index is -0.371. The summed E-state index contributed by atoms with van der Waals surface area (Å²) >= 11 is 0. The molecule has 0 spiro atoms. The molecule has 2 atom stereocenters. The summed E-state index contributed by atoms with van der Waals surface area (Å²) in [6.45, 7) is 8.19. The highest BCUT2D eigenvalue weighted by molar-refractivity contribution is 5.85. The fraction of sp³-hybridized carbons (Fsp3) is 0.600. The fourth-order valence-corrected chi connectivity index (χ4v) is 1.53. The fourth-order valence-electron chi connectivity index (χ4n) is 1.53. The molecule has 1 aliphatic carbocycles. The minimum absolute atomic E-state index is 0. The molecule has 0 aromatic carbocycles. The van der Waals surface area contributed by atoms with Gasteiger partial charge in [0.2, 0.25) is 0 Å². The maximum Gasteiger partial charge on any atom is 0.0591 e. The van der Waals surface area contributed by atoms with Crippen LogP contribution in [0.15, 0.2) is 22.9 Å². The summed E-state index contributed by atoms with van der Waals surface area (Å²) in [5.41, 5.74) is 14.9. The smallest absolute Gasteiger partial charge is 0.0591 e. The van der Waals surface area contributed by atoms with Gasteiger partial charge >= 0.3 is 0 Å². The van der Waals surface area contributed by atoms with Crippen molar-refractivity contribution in [3.05, 3.63) is 22.9 Å². The van der Waals surface area contributed by atoms with Gasteiger partial charge in [-0.3, -0.25) is 0 Å². The van der Waals surface area contributed by atoms with Crippen molar-refractivity contribution in [3.8, 4) is 0 Å². The van der Waals surface area contributed by atoms with Crippen molar-refractivity contribution in [1.29, 1.82) is 0 Å². The zero-order valence-corrected chi connectivity index (χ0v) is 10.8. The van der Waals surface area contributed by atoms with E-state index in [2.05, 4.69) is 19.9 Å². The number of rotatable bonds is 0. The molecule has 1 aliphatic rings. The Labute approximate surface area is 98.6 Å². The molecule has 0 fully saturated rings. The Bertz CT molecular complexity index is 267. The van der Waals surface area contributed by atoms with Crippen LogP contribution in [0.25, 0.3) is 0 Å². The maximum absolute atomic E-state index is 6.09. The second-order valence-electron chi connectivity index (χ2n) is 3.96. The molecule has 84 valence electrons. The van der Waals surface area contributed by atoms with Crippen LogP contribution < -0.4 is 11.5 Å². The molecule has 0 saturated heterocycles. The molecule has 0 saturated carbocycles. The van der Waals surface area contributed by atoms with E-state index in [1.54, 1.807) is 0 Å². The quantitative estimate of drug-likeness (QED) is 0.681. The SMILES string of the molecule is CC1=CC(C)C(C)(N)C(N)=C1C.Cl.Cl. The first-order valence-electron chi connectivity index (χ1n) is 4.32. The molecule has 2 nitrogen and oxygen atoms in total. The van der Waals surface area contributed by atoms with Gasteiger partial charge in [-0.25, -0.2) is 0 Å². The van der Waals surface area contributed by atoms with E-state index in [0.29, 0.717) is 5.92 Å². The van der Waals surface area contributed by atoms with Crippen molar-refractivity contribution in [1.82, 2.24) is 0 Å². The van der Waals surface area contributed by atoms with Gasteiger partial charge in [0.05, 0.1) is 5.54 Å². The number of nitrogens with two attached hydrogens (primary N) is 2. The van der Waals surface area contributed by atoms with Gasteiger partial charge in [-0.05, 0) is 32.3 Å². The number of allylic oxidation sites excluding steroid dienone is 2. The Morgan fingerprint density at radius 1 is 1.29 bits per heavy atom. The van der Waals surface area contributed by atoms with Crippen molar-refractivity contribution < 1.29 is 0 Å². The van der Waals surface area contributed by atoms with Crippen LogP contribution in [0.1, 0.15) is 27.7 Å². The molecule has 0 aromatic rings.